The summed E-state index contributed by atoms with van der Waals surface area (Å²) in [6.07, 6.45) is 0.0921. The van der Waals surface area contributed by atoms with Gasteiger partial charge in [-0.15, -0.1) is 0 Å². The molecular weight excluding hydrogens is 294 g/mol. The molecular formula is C17H27N3O3. The zero-order chi connectivity index (χ0) is 17.6. The SMILES string of the molecule is Cc1cc(NC(=O)CNC(=O)[C@@H](N)C(C)C)ccc1OC(C)C. The first-order chi connectivity index (χ1) is 10.7. The third kappa shape index (κ3) is 6.28. The van der Waals surface area contributed by atoms with Gasteiger partial charge >= 0.3 is 0 Å². The fourth-order valence-corrected chi connectivity index (χ4v) is 1.91. The molecule has 2 amide bonds. The summed E-state index contributed by atoms with van der Waals surface area (Å²) in [6.45, 7) is 9.43. The van der Waals surface area contributed by atoms with Gasteiger partial charge in [-0.1, -0.05) is 13.8 Å². The molecule has 0 aliphatic carbocycles. The van der Waals surface area contributed by atoms with Gasteiger partial charge in [-0.25, -0.2) is 0 Å². The van der Waals surface area contributed by atoms with E-state index in [1.165, 1.54) is 0 Å². The van der Waals surface area contributed by atoms with Gasteiger partial charge in [-0.3, -0.25) is 9.59 Å². The van der Waals surface area contributed by atoms with E-state index in [0.717, 1.165) is 11.3 Å². The first-order valence-electron chi connectivity index (χ1n) is 7.81. The second-order valence-electron chi connectivity index (χ2n) is 6.18. The Morgan fingerprint density at radius 2 is 1.87 bits per heavy atom. The van der Waals surface area contributed by atoms with Crippen LogP contribution in [-0.4, -0.2) is 30.5 Å². The number of benzene rings is 1. The molecule has 0 fully saturated rings. The molecule has 0 bridgehead atoms. The first-order valence-corrected chi connectivity index (χ1v) is 7.81. The number of hydrogen-bond acceptors (Lipinski definition) is 4. The summed E-state index contributed by atoms with van der Waals surface area (Å²) in [4.78, 5) is 23.6. The van der Waals surface area contributed by atoms with Crippen molar-refractivity contribution in [2.75, 3.05) is 11.9 Å². The Labute approximate surface area is 137 Å². The molecule has 0 heterocycles. The van der Waals surface area contributed by atoms with Crippen LogP contribution in [0.1, 0.15) is 33.3 Å². The maximum Gasteiger partial charge on any atom is 0.243 e. The molecule has 6 nitrogen and oxygen atoms in total. The van der Waals surface area contributed by atoms with Crippen LogP contribution in [-0.2, 0) is 9.59 Å². The number of rotatable bonds is 7. The van der Waals surface area contributed by atoms with E-state index in [1.807, 2.05) is 46.8 Å². The van der Waals surface area contributed by atoms with Gasteiger partial charge in [-0.05, 0) is 50.5 Å². The first kappa shape index (κ1) is 19.0. The molecule has 0 spiro atoms. The number of nitrogens with two attached hydrogens (primary N) is 1. The number of aryl methyl sites for hydroxylation is 1. The molecule has 0 aliphatic rings. The molecule has 1 rings (SSSR count). The van der Waals surface area contributed by atoms with Crippen molar-refractivity contribution < 1.29 is 14.3 Å². The highest BCUT2D eigenvalue weighted by Gasteiger charge is 2.17. The summed E-state index contributed by atoms with van der Waals surface area (Å²) in [5.41, 5.74) is 7.31. The van der Waals surface area contributed by atoms with Crippen molar-refractivity contribution in [1.82, 2.24) is 5.32 Å². The lowest BCUT2D eigenvalue weighted by atomic mass is 10.1. The Morgan fingerprint density at radius 3 is 2.39 bits per heavy atom. The van der Waals surface area contributed by atoms with E-state index >= 15 is 0 Å². The summed E-state index contributed by atoms with van der Waals surface area (Å²) in [6, 6.07) is 4.80. The molecule has 0 saturated heterocycles. The van der Waals surface area contributed by atoms with E-state index in [9.17, 15) is 9.59 Å². The highest BCUT2D eigenvalue weighted by atomic mass is 16.5. The summed E-state index contributed by atoms with van der Waals surface area (Å²) in [5.74, 6) is 0.182. The molecule has 1 atom stereocenters. The van der Waals surface area contributed by atoms with Crippen molar-refractivity contribution in [3.63, 3.8) is 0 Å². The lowest BCUT2D eigenvalue weighted by Gasteiger charge is -2.16. The zero-order valence-corrected chi connectivity index (χ0v) is 14.5. The third-order valence-electron chi connectivity index (χ3n) is 3.27. The molecule has 6 heteroatoms. The van der Waals surface area contributed by atoms with Crippen LogP contribution in [0.15, 0.2) is 18.2 Å². The Balaban J connectivity index is 2.55. The van der Waals surface area contributed by atoms with Crippen molar-refractivity contribution >= 4 is 17.5 Å². The van der Waals surface area contributed by atoms with Crippen molar-refractivity contribution in [2.45, 2.75) is 46.8 Å². The molecule has 0 saturated carbocycles. The molecule has 23 heavy (non-hydrogen) atoms. The number of hydrogen-bond donors (Lipinski definition) is 3. The third-order valence-corrected chi connectivity index (χ3v) is 3.27. The predicted molar refractivity (Wildman–Crippen MR) is 91.4 cm³/mol. The van der Waals surface area contributed by atoms with Crippen LogP contribution in [0.4, 0.5) is 5.69 Å². The second kappa shape index (κ2) is 8.53. The predicted octanol–water partition coefficient (Wildman–Crippen LogP) is 1.82. The van der Waals surface area contributed by atoms with Gasteiger partial charge in [0, 0.05) is 5.69 Å². The molecule has 0 aliphatic heterocycles. The monoisotopic (exact) mass is 321 g/mol. The van der Waals surface area contributed by atoms with E-state index in [0.29, 0.717) is 5.69 Å². The highest BCUT2D eigenvalue weighted by Crippen LogP contribution is 2.22. The molecule has 0 unspecified atom stereocenters. The number of carbonyl (C=O) groups is 2. The molecule has 1 aromatic carbocycles. The van der Waals surface area contributed by atoms with Crippen LogP contribution in [0, 0.1) is 12.8 Å². The van der Waals surface area contributed by atoms with Gasteiger partial charge < -0.3 is 21.1 Å². The highest BCUT2D eigenvalue weighted by molar-refractivity contribution is 5.95. The van der Waals surface area contributed by atoms with Crippen LogP contribution in [0.2, 0.25) is 0 Å². The van der Waals surface area contributed by atoms with Gasteiger partial charge in [0.25, 0.3) is 0 Å². The van der Waals surface area contributed by atoms with Crippen LogP contribution in [0.5, 0.6) is 5.75 Å². The Kier molecular flexibility index (Phi) is 7.03. The topological polar surface area (TPSA) is 93.5 Å². The maximum atomic E-state index is 11.9. The van der Waals surface area contributed by atoms with Crippen molar-refractivity contribution in [3.05, 3.63) is 23.8 Å². The van der Waals surface area contributed by atoms with Gasteiger partial charge in [0.1, 0.15) is 5.75 Å². The molecule has 128 valence electrons. The zero-order valence-electron chi connectivity index (χ0n) is 14.5. The van der Waals surface area contributed by atoms with Gasteiger partial charge in [0.05, 0.1) is 18.7 Å². The number of anilines is 1. The van der Waals surface area contributed by atoms with Crippen LogP contribution in [0.3, 0.4) is 0 Å². The quantitative estimate of drug-likeness (QED) is 0.714. The lowest BCUT2D eigenvalue weighted by Crippen LogP contribution is -2.46. The lowest BCUT2D eigenvalue weighted by molar-refractivity contribution is -0.125. The maximum absolute atomic E-state index is 11.9. The number of nitrogens with one attached hydrogen (secondary N) is 2. The number of amides is 2. The van der Waals surface area contributed by atoms with Crippen molar-refractivity contribution in [2.24, 2.45) is 11.7 Å². The largest absolute Gasteiger partial charge is 0.491 e. The molecule has 0 aromatic heterocycles. The smallest absolute Gasteiger partial charge is 0.243 e. The second-order valence-corrected chi connectivity index (χ2v) is 6.18. The fraction of sp³-hybridized carbons (Fsp3) is 0.529. The van der Waals surface area contributed by atoms with E-state index in [4.69, 9.17) is 10.5 Å². The minimum Gasteiger partial charge on any atom is -0.491 e. The van der Waals surface area contributed by atoms with Crippen LogP contribution < -0.4 is 21.1 Å². The van der Waals surface area contributed by atoms with Gasteiger partial charge in [0.15, 0.2) is 0 Å². The minimum absolute atomic E-state index is 0.0224. The summed E-state index contributed by atoms with van der Waals surface area (Å²) >= 11 is 0. The molecule has 1 aromatic rings. The van der Waals surface area contributed by atoms with Crippen LogP contribution in [0.25, 0.3) is 0 Å². The van der Waals surface area contributed by atoms with E-state index in [1.54, 1.807) is 6.07 Å². The average molecular weight is 321 g/mol. The fourth-order valence-electron chi connectivity index (χ4n) is 1.91. The van der Waals surface area contributed by atoms with Crippen molar-refractivity contribution in [1.29, 1.82) is 0 Å². The Bertz CT molecular complexity index is 556. The van der Waals surface area contributed by atoms with Crippen LogP contribution >= 0.6 is 0 Å². The van der Waals surface area contributed by atoms with Gasteiger partial charge in [0.2, 0.25) is 11.8 Å². The normalized spacial score (nSPS) is 12.2. The average Bonchev–Trinajstić information content (AvgIpc) is 2.46. The summed E-state index contributed by atoms with van der Waals surface area (Å²) < 4.78 is 5.65. The van der Waals surface area contributed by atoms with E-state index in [-0.39, 0.29) is 30.4 Å². The number of carbonyl (C=O) groups excluding carboxylic acids is 2. The standard InChI is InChI=1S/C17H27N3O3/c1-10(2)16(18)17(22)19-9-15(21)20-13-6-7-14(12(5)8-13)23-11(3)4/h6-8,10-11,16H,9,18H2,1-5H3,(H,19,22)(H,20,21)/t16-/m0/s1. The Hall–Kier alpha value is -2.08. The van der Waals surface area contributed by atoms with E-state index in [2.05, 4.69) is 10.6 Å². The molecule has 0 radical (unpaired) electrons. The minimum atomic E-state index is -0.613. The number of ether oxygens (including phenoxy) is 1. The van der Waals surface area contributed by atoms with Gasteiger partial charge in [-0.2, -0.15) is 0 Å². The summed E-state index contributed by atoms with van der Waals surface area (Å²) in [5, 5.41) is 5.27. The van der Waals surface area contributed by atoms with Crippen molar-refractivity contribution in [3.8, 4) is 5.75 Å². The molecule has 4 N–H and O–H groups in total. The summed E-state index contributed by atoms with van der Waals surface area (Å²) in [7, 11) is 0. The van der Waals surface area contributed by atoms with E-state index < -0.39 is 6.04 Å². The Morgan fingerprint density at radius 1 is 1.22 bits per heavy atom.